The van der Waals surface area contributed by atoms with Crippen molar-refractivity contribution >= 4 is 29.3 Å². The number of carbonyl (C=O) groups excluding carboxylic acids is 1. The summed E-state index contributed by atoms with van der Waals surface area (Å²) >= 11 is 7.40. The van der Waals surface area contributed by atoms with Crippen molar-refractivity contribution in [2.24, 2.45) is 0 Å². The lowest BCUT2D eigenvalue weighted by atomic mass is 10.1. The summed E-state index contributed by atoms with van der Waals surface area (Å²) in [6.07, 6.45) is 0.930. The van der Waals surface area contributed by atoms with Gasteiger partial charge in [-0.2, -0.15) is 0 Å². The number of thioether (sulfide) groups is 1. The molecule has 1 aromatic heterocycles. The minimum absolute atomic E-state index is 0.00880. The van der Waals surface area contributed by atoms with Gasteiger partial charge in [0.25, 0.3) is 5.56 Å². The van der Waals surface area contributed by atoms with Crippen molar-refractivity contribution in [2.75, 3.05) is 5.75 Å². The van der Waals surface area contributed by atoms with Crippen LogP contribution in [-0.4, -0.2) is 21.2 Å². The standard InChI is InChI=1S/C18H20ClN3O2S/c1-3-15-11(2)21-18-22(17(15)24)14(10-25-18)8-16(23)20-9-12-4-6-13(19)7-5-12/h4-7,14H,3,8-10H2,1-2H3,(H,20,23). The number of fused-ring (bicyclic) bond motifs is 1. The first kappa shape index (κ1) is 18.0. The smallest absolute Gasteiger partial charge is 0.257 e. The molecular weight excluding hydrogens is 358 g/mol. The van der Waals surface area contributed by atoms with Gasteiger partial charge in [-0.1, -0.05) is 42.4 Å². The third-order valence-corrected chi connectivity index (χ3v) is 5.68. The highest BCUT2D eigenvalue weighted by Crippen LogP contribution is 2.32. The topological polar surface area (TPSA) is 64.0 Å². The van der Waals surface area contributed by atoms with E-state index in [2.05, 4.69) is 10.3 Å². The predicted octanol–water partition coefficient (Wildman–Crippen LogP) is 3.12. The first-order valence-electron chi connectivity index (χ1n) is 8.25. The molecule has 1 amide bonds. The van der Waals surface area contributed by atoms with Gasteiger partial charge in [0.15, 0.2) is 5.16 Å². The minimum atomic E-state index is -0.142. The van der Waals surface area contributed by atoms with Crippen molar-refractivity contribution in [3.8, 4) is 0 Å². The molecule has 1 aromatic carbocycles. The molecule has 0 saturated heterocycles. The summed E-state index contributed by atoms with van der Waals surface area (Å²) in [5.41, 5.74) is 2.50. The van der Waals surface area contributed by atoms with Crippen LogP contribution in [0.5, 0.6) is 0 Å². The van der Waals surface area contributed by atoms with Crippen LogP contribution in [0.3, 0.4) is 0 Å². The third-order valence-electron chi connectivity index (χ3n) is 4.33. The summed E-state index contributed by atoms with van der Waals surface area (Å²) in [7, 11) is 0. The summed E-state index contributed by atoms with van der Waals surface area (Å²) < 4.78 is 1.69. The highest BCUT2D eigenvalue weighted by Gasteiger charge is 2.28. The molecule has 1 aliphatic heterocycles. The minimum Gasteiger partial charge on any atom is -0.352 e. The van der Waals surface area contributed by atoms with Crippen LogP contribution in [0, 0.1) is 6.92 Å². The van der Waals surface area contributed by atoms with Crippen LogP contribution in [0.15, 0.2) is 34.2 Å². The SMILES string of the molecule is CCc1c(C)nc2n(c1=O)C(CC(=O)NCc1ccc(Cl)cc1)CS2. The number of amides is 1. The number of halogens is 1. The van der Waals surface area contributed by atoms with Crippen LogP contribution < -0.4 is 10.9 Å². The predicted molar refractivity (Wildman–Crippen MR) is 100 cm³/mol. The van der Waals surface area contributed by atoms with Crippen molar-refractivity contribution in [1.82, 2.24) is 14.9 Å². The Morgan fingerprint density at radius 2 is 2.12 bits per heavy atom. The fourth-order valence-corrected chi connectivity index (χ4v) is 4.27. The zero-order valence-corrected chi connectivity index (χ0v) is 15.8. The van der Waals surface area contributed by atoms with E-state index in [4.69, 9.17) is 11.6 Å². The highest BCUT2D eigenvalue weighted by atomic mass is 35.5. The molecule has 25 heavy (non-hydrogen) atoms. The Labute approximate surface area is 155 Å². The summed E-state index contributed by atoms with van der Waals surface area (Å²) in [5, 5.41) is 4.30. The molecule has 2 aromatic rings. The van der Waals surface area contributed by atoms with Crippen molar-refractivity contribution in [3.05, 3.63) is 56.5 Å². The zero-order valence-electron chi connectivity index (χ0n) is 14.2. The molecule has 0 spiro atoms. The molecule has 1 N–H and O–H groups in total. The van der Waals surface area contributed by atoms with E-state index >= 15 is 0 Å². The Kier molecular flexibility index (Phi) is 5.49. The first-order valence-corrected chi connectivity index (χ1v) is 9.62. The van der Waals surface area contributed by atoms with Crippen LogP contribution in [0.25, 0.3) is 0 Å². The molecule has 3 rings (SSSR count). The van der Waals surface area contributed by atoms with Crippen LogP contribution in [0.4, 0.5) is 0 Å². The monoisotopic (exact) mass is 377 g/mol. The third kappa shape index (κ3) is 3.90. The maximum atomic E-state index is 12.7. The van der Waals surface area contributed by atoms with Crippen molar-refractivity contribution in [3.63, 3.8) is 0 Å². The van der Waals surface area contributed by atoms with Gasteiger partial charge in [-0.3, -0.25) is 14.2 Å². The van der Waals surface area contributed by atoms with Gasteiger partial charge in [0.05, 0.1) is 6.04 Å². The van der Waals surface area contributed by atoms with Crippen molar-refractivity contribution in [2.45, 2.75) is 44.4 Å². The lowest BCUT2D eigenvalue weighted by molar-refractivity contribution is -0.121. The van der Waals surface area contributed by atoms with E-state index in [1.165, 1.54) is 11.8 Å². The summed E-state index contributed by atoms with van der Waals surface area (Å²) in [6, 6.07) is 7.22. The molecule has 5 nitrogen and oxygen atoms in total. The number of hydrogen-bond acceptors (Lipinski definition) is 4. The van der Waals surface area contributed by atoms with Crippen molar-refractivity contribution < 1.29 is 4.79 Å². The number of benzene rings is 1. The van der Waals surface area contributed by atoms with Crippen molar-refractivity contribution in [1.29, 1.82) is 0 Å². The van der Waals surface area contributed by atoms with Gasteiger partial charge < -0.3 is 5.32 Å². The average molecular weight is 378 g/mol. The Bertz CT molecular complexity index is 849. The summed E-state index contributed by atoms with van der Waals surface area (Å²) in [4.78, 5) is 29.5. The molecule has 0 aliphatic carbocycles. The molecule has 0 bridgehead atoms. The molecular formula is C18H20ClN3O2S. The molecule has 2 heterocycles. The molecule has 7 heteroatoms. The molecule has 0 saturated carbocycles. The van der Waals surface area contributed by atoms with E-state index in [9.17, 15) is 9.59 Å². The normalized spacial score (nSPS) is 15.9. The number of hydrogen-bond donors (Lipinski definition) is 1. The summed E-state index contributed by atoms with van der Waals surface area (Å²) in [5.74, 6) is 0.627. The van der Waals surface area contributed by atoms with E-state index in [1.807, 2.05) is 26.0 Å². The number of carbonyl (C=O) groups is 1. The van der Waals surface area contributed by atoms with Gasteiger partial charge in [-0.05, 0) is 31.0 Å². The molecule has 1 atom stereocenters. The Hall–Kier alpha value is -1.79. The van der Waals surface area contributed by atoms with Gasteiger partial charge >= 0.3 is 0 Å². The second kappa shape index (κ2) is 7.62. The van der Waals surface area contributed by atoms with Crippen LogP contribution in [-0.2, 0) is 17.8 Å². The Balaban J connectivity index is 1.68. The molecule has 1 unspecified atom stereocenters. The van der Waals surface area contributed by atoms with Gasteiger partial charge in [0.1, 0.15) is 0 Å². The second-order valence-corrected chi connectivity index (χ2v) is 7.48. The second-order valence-electron chi connectivity index (χ2n) is 6.06. The number of nitrogens with zero attached hydrogens (tertiary/aromatic N) is 2. The van der Waals surface area contributed by atoms with E-state index in [-0.39, 0.29) is 23.9 Å². The number of aryl methyl sites for hydroxylation is 1. The number of nitrogens with one attached hydrogen (secondary N) is 1. The van der Waals surface area contributed by atoms with Gasteiger partial charge in [0, 0.05) is 35.0 Å². The lowest BCUT2D eigenvalue weighted by Crippen LogP contribution is -2.32. The van der Waals surface area contributed by atoms with Gasteiger partial charge in [-0.15, -0.1) is 0 Å². The van der Waals surface area contributed by atoms with E-state index in [0.29, 0.717) is 23.7 Å². The van der Waals surface area contributed by atoms with Crippen LogP contribution in [0.2, 0.25) is 5.02 Å². The Morgan fingerprint density at radius 1 is 1.40 bits per heavy atom. The molecule has 0 radical (unpaired) electrons. The lowest BCUT2D eigenvalue weighted by Gasteiger charge is -2.15. The van der Waals surface area contributed by atoms with E-state index in [0.717, 1.165) is 22.0 Å². The number of rotatable bonds is 5. The summed E-state index contributed by atoms with van der Waals surface area (Å²) in [6.45, 7) is 4.27. The van der Waals surface area contributed by atoms with Gasteiger partial charge in [0.2, 0.25) is 5.91 Å². The van der Waals surface area contributed by atoms with E-state index in [1.54, 1.807) is 16.7 Å². The van der Waals surface area contributed by atoms with Crippen LogP contribution in [0.1, 0.15) is 36.2 Å². The fraction of sp³-hybridized carbons (Fsp3) is 0.389. The maximum absolute atomic E-state index is 12.7. The zero-order chi connectivity index (χ0) is 18.0. The maximum Gasteiger partial charge on any atom is 0.257 e. The fourth-order valence-electron chi connectivity index (χ4n) is 2.97. The van der Waals surface area contributed by atoms with Gasteiger partial charge in [-0.25, -0.2) is 4.98 Å². The largest absolute Gasteiger partial charge is 0.352 e. The highest BCUT2D eigenvalue weighted by molar-refractivity contribution is 7.99. The molecule has 0 fully saturated rings. The first-order chi connectivity index (χ1) is 12.0. The van der Waals surface area contributed by atoms with E-state index < -0.39 is 0 Å². The Morgan fingerprint density at radius 3 is 2.80 bits per heavy atom. The van der Waals surface area contributed by atoms with Crippen LogP contribution >= 0.6 is 23.4 Å². The quantitative estimate of drug-likeness (QED) is 0.813. The molecule has 1 aliphatic rings. The molecule has 132 valence electrons. The average Bonchev–Trinajstić information content (AvgIpc) is 2.97. The number of aromatic nitrogens is 2.